The van der Waals surface area contributed by atoms with Gasteiger partial charge in [0.05, 0.1) is 17.5 Å². The average molecular weight is 361 g/mol. The summed E-state index contributed by atoms with van der Waals surface area (Å²) in [6.07, 6.45) is 1.73. The normalized spacial score (nSPS) is 11.3. The molecule has 2 aromatic carbocycles. The Bertz CT molecular complexity index is 1140. The molecule has 6 heteroatoms. The predicted molar refractivity (Wildman–Crippen MR) is 106 cm³/mol. The molecule has 0 unspecified atom stereocenters. The molecule has 0 amide bonds. The zero-order valence-corrected chi connectivity index (χ0v) is 14.8. The fraction of sp³-hybridized carbons (Fsp3) is 0.0500. The van der Waals surface area contributed by atoms with E-state index >= 15 is 0 Å². The highest BCUT2D eigenvalue weighted by Gasteiger charge is 2.11. The maximum atomic E-state index is 12.2. The summed E-state index contributed by atoms with van der Waals surface area (Å²) < 4.78 is 5.36. The first-order chi connectivity index (χ1) is 12.7. The van der Waals surface area contributed by atoms with Gasteiger partial charge in [-0.2, -0.15) is 5.10 Å². The number of hydrogen-bond donors (Lipinski definition) is 1. The Morgan fingerprint density at radius 2 is 1.96 bits per heavy atom. The van der Waals surface area contributed by atoms with E-state index in [2.05, 4.69) is 15.5 Å². The van der Waals surface area contributed by atoms with Gasteiger partial charge in [0, 0.05) is 10.8 Å². The van der Waals surface area contributed by atoms with Crippen molar-refractivity contribution in [2.24, 2.45) is 5.10 Å². The van der Waals surface area contributed by atoms with Crippen LogP contribution >= 0.6 is 11.3 Å². The highest BCUT2D eigenvalue weighted by atomic mass is 32.1. The van der Waals surface area contributed by atoms with Crippen LogP contribution in [-0.4, -0.2) is 11.2 Å². The second-order valence-corrected chi connectivity index (χ2v) is 6.66. The number of hydrazone groups is 1. The van der Waals surface area contributed by atoms with E-state index in [1.54, 1.807) is 18.3 Å². The zero-order chi connectivity index (χ0) is 17.9. The van der Waals surface area contributed by atoms with Crippen molar-refractivity contribution in [1.29, 1.82) is 0 Å². The molecule has 0 aliphatic rings. The minimum Gasteiger partial charge on any atom is -0.422 e. The summed E-state index contributed by atoms with van der Waals surface area (Å²) in [6, 6.07) is 17.3. The van der Waals surface area contributed by atoms with E-state index in [9.17, 15) is 4.79 Å². The van der Waals surface area contributed by atoms with Crippen molar-refractivity contribution >= 4 is 33.7 Å². The summed E-state index contributed by atoms with van der Waals surface area (Å²) in [6.45, 7) is 2.04. The second-order valence-electron chi connectivity index (χ2n) is 5.80. The largest absolute Gasteiger partial charge is 0.422 e. The summed E-state index contributed by atoms with van der Waals surface area (Å²) in [7, 11) is 0. The van der Waals surface area contributed by atoms with Crippen LogP contribution in [-0.2, 0) is 0 Å². The Hall–Kier alpha value is -3.25. The molecular formula is C20H15N3O2S. The van der Waals surface area contributed by atoms with Crippen LogP contribution in [0.1, 0.15) is 11.1 Å². The standard InChI is InChI=1S/C20H15N3O2S/c1-13-6-8-14(9-7-13)11-21-23-20-22-17(12-26-20)16-10-15-4-2-3-5-18(15)25-19(16)24/h2-12H,1H3,(H,22,23). The van der Waals surface area contributed by atoms with E-state index < -0.39 is 5.63 Å². The van der Waals surface area contributed by atoms with Gasteiger partial charge in [-0.1, -0.05) is 48.0 Å². The zero-order valence-electron chi connectivity index (χ0n) is 14.0. The van der Waals surface area contributed by atoms with Gasteiger partial charge in [0.2, 0.25) is 5.13 Å². The predicted octanol–water partition coefficient (Wildman–Crippen LogP) is 4.67. The van der Waals surface area contributed by atoms with E-state index in [1.165, 1.54) is 16.9 Å². The number of para-hydroxylation sites is 1. The number of nitrogens with zero attached hydrogens (tertiary/aromatic N) is 2. The molecule has 4 aromatic rings. The molecule has 0 radical (unpaired) electrons. The van der Waals surface area contributed by atoms with Crippen LogP contribution in [0.3, 0.4) is 0 Å². The van der Waals surface area contributed by atoms with Gasteiger partial charge in [-0.05, 0) is 24.6 Å². The molecule has 0 saturated heterocycles. The lowest BCUT2D eigenvalue weighted by atomic mass is 10.1. The Kier molecular flexibility index (Phi) is 4.33. The molecule has 0 saturated carbocycles. The molecule has 4 rings (SSSR count). The van der Waals surface area contributed by atoms with E-state index in [1.807, 2.05) is 54.8 Å². The van der Waals surface area contributed by atoms with Crippen LogP contribution in [0.25, 0.3) is 22.2 Å². The molecule has 0 fully saturated rings. The molecule has 26 heavy (non-hydrogen) atoms. The van der Waals surface area contributed by atoms with Crippen molar-refractivity contribution in [2.75, 3.05) is 5.43 Å². The highest BCUT2D eigenvalue weighted by molar-refractivity contribution is 7.14. The summed E-state index contributed by atoms with van der Waals surface area (Å²) >= 11 is 1.38. The van der Waals surface area contributed by atoms with Crippen molar-refractivity contribution in [3.8, 4) is 11.3 Å². The van der Waals surface area contributed by atoms with Crippen molar-refractivity contribution in [1.82, 2.24) is 4.98 Å². The summed E-state index contributed by atoms with van der Waals surface area (Å²) in [5.74, 6) is 0. The lowest BCUT2D eigenvalue weighted by Gasteiger charge is -1.99. The van der Waals surface area contributed by atoms with E-state index in [0.29, 0.717) is 22.0 Å². The van der Waals surface area contributed by atoms with Crippen LogP contribution in [0.15, 0.2) is 74.3 Å². The number of aryl methyl sites for hydroxylation is 1. The van der Waals surface area contributed by atoms with Gasteiger partial charge in [0.25, 0.3) is 0 Å². The van der Waals surface area contributed by atoms with Gasteiger partial charge in [0.15, 0.2) is 0 Å². The minimum absolute atomic E-state index is 0.399. The fourth-order valence-electron chi connectivity index (χ4n) is 2.50. The highest BCUT2D eigenvalue weighted by Crippen LogP contribution is 2.25. The van der Waals surface area contributed by atoms with E-state index in [4.69, 9.17) is 4.42 Å². The minimum atomic E-state index is -0.399. The Morgan fingerprint density at radius 1 is 1.15 bits per heavy atom. The van der Waals surface area contributed by atoms with Gasteiger partial charge in [-0.15, -0.1) is 11.3 Å². The van der Waals surface area contributed by atoms with Crippen LogP contribution in [0.5, 0.6) is 0 Å². The third-order valence-electron chi connectivity index (χ3n) is 3.87. The number of thiazole rings is 1. The van der Waals surface area contributed by atoms with Gasteiger partial charge in [-0.25, -0.2) is 9.78 Å². The summed E-state index contributed by atoms with van der Waals surface area (Å²) in [4.78, 5) is 16.6. The number of aromatic nitrogens is 1. The third-order valence-corrected chi connectivity index (χ3v) is 4.62. The molecule has 0 spiro atoms. The second kappa shape index (κ2) is 6.93. The van der Waals surface area contributed by atoms with Gasteiger partial charge >= 0.3 is 5.63 Å². The van der Waals surface area contributed by atoms with E-state index in [0.717, 1.165) is 10.9 Å². The SMILES string of the molecule is Cc1ccc(C=NNc2nc(-c3cc4ccccc4oc3=O)cs2)cc1. The van der Waals surface area contributed by atoms with Crippen LogP contribution in [0.4, 0.5) is 5.13 Å². The topological polar surface area (TPSA) is 67.5 Å². The van der Waals surface area contributed by atoms with Crippen molar-refractivity contribution in [2.45, 2.75) is 6.92 Å². The van der Waals surface area contributed by atoms with Crippen molar-refractivity contribution in [3.63, 3.8) is 0 Å². The first-order valence-corrected chi connectivity index (χ1v) is 8.91. The van der Waals surface area contributed by atoms with Gasteiger partial charge in [-0.3, -0.25) is 5.43 Å². The number of anilines is 1. The number of rotatable bonds is 4. The van der Waals surface area contributed by atoms with Gasteiger partial charge < -0.3 is 4.42 Å². The maximum Gasteiger partial charge on any atom is 0.345 e. The number of nitrogens with one attached hydrogen (secondary N) is 1. The maximum absolute atomic E-state index is 12.2. The van der Waals surface area contributed by atoms with Crippen molar-refractivity contribution < 1.29 is 4.42 Å². The molecule has 2 heterocycles. The average Bonchev–Trinajstić information content (AvgIpc) is 3.11. The number of hydrogen-bond acceptors (Lipinski definition) is 6. The lowest BCUT2D eigenvalue weighted by Crippen LogP contribution is -2.02. The van der Waals surface area contributed by atoms with Gasteiger partial charge in [0.1, 0.15) is 5.58 Å². The van der Waals surface area contributed by atoms with Crippen LogP contribution < -0.4 is 11.1 Å². The third kappa shape index (κ3) is 3.41. The molecule has 0 atom stereocenters. The van der Waals surface area contributed by atoms with E-state index in [-0.39, 0.29) is 0 Å². The summed E-state index contributed by atoms with van der Waals surface area (Å²) in [5, 5.41) is 7.47. The first kappa shape index (κ1) is 16.2. The molecule has 0 bridgehead atoms. The summed E-state index contributed by atoms with van der Waals surface area (Å²) in [5.41, 5.74) is 6.28. The quantitative estimate of drug-likeness (QED) is 0.326. The molecule has 1 N–H and O–H groups in total. The first-order valence-electron chi connectivity index (χ1n) is 8.03. The van der Waals surface area contributed by atoms with Crippen molar-refractivity contribution in [3.05, 3.63) is 81.5 Å². The fourth-order valence-corrected chi connectivity index (χ4v) is 3.16. The number of fused-ring (bicyclic) bond motifs is 1. The van der Waals surface area contributed by atoms with Crippen LogP contribution in [0.2, 0.25) is 0 Å². The lowest BCUT2D eigenvalue weighted by molar-refractivity contribution is 0.563. The Balaban J connectivity index is 1.55. The van der Waals surface area contributed by atoms with Crippen LogP contribution in [0, 0.1) is 6.92 Å². The molecule has 0 aliphatic carbocycles. The Morgan fingerprint density at radius 3 is 2.81 bits per heavy atom. The molecule has 2 aromatic heterocycles. The molecular weight excluding hydrogens is 346 g/mol. The smallest absolute Gasteiger partial charge is 0.345 e. The molecule has 0 aliphatic heterocycles. The Labute approximate surface area is 153 Å². The monoisotopic (exact) mass is 361 g/mol. The molecule has 128 valence electrons. The number of benzene rings is 2. The molecule has 5 nitrogen and oxygen atoms in total.